The molecule has 0 fully saturated rings. The highest BCUT2D eigenvalue weighted by Crippen LogP contribution is 2.07. The van der Waals surface area contributed by atoms with Gasteiger partial charge in [-0.3, -0.25) is 9.89 Å². The number of hydrogen-bond acceptors (Lipinski definition) is 2. The highest BCUT2D eigenvalue weighted by Gasteiger charge is 2.09. The van der Waals surface area contributed by atoms with Crippen LogP contribution in [0.1, 0.15) is 32.3 Å². The standard InChI is InChI=1S/C17H30N4.HI/c1-5-12-19-17(18-3)20-13-11-15(2)21(4)14-16-9-7-6-8-10-16;/h6-10,15H,5,11-14H2,1-4H3,(H2,18,19,20);1H. The maximum absolute atomic E-state index is 4.22. The summed E-state index contributed by atoms with van der Waals surface area (Å²) in [4.78, 5) is 6.60. The first-order chi connectivity index (χ1) is 10.2. The topological polar surface area (TPSA) is 39.7 Å². The Morgan fingerprint density at radius 2 is 1.82 bits per heavy atom. The lowest BCUT2D eigenvalue weighted by atomic mass is 10.1. The van der Waals surface area contributed by atoms with Gasteiger partial charge in [0.25, 0.3) is 0 Å². The average Bonchev–Trinajstić information content (AvgIpc) is 2.51. The van der Waals surface area contributed by atoms with E-state index in [-0.39, 0.29) is 24.0 Å². The van der Waals surface area contributed by atoms with Crippen LogP contribution < -0.4 is 10.6 Å². The van der Waals surface area contributed by atoms with E-state index >= 15 is 0 Å². The van der Waals surface area contributed by atoms with E-state index in [0.717, 1.165) is 38.4 Å². The van der Waals surface area contributed by atoms with Gasteiger partial charge in [-0.2, -0.15) is 0 Å². The molecule has 0 aliphatic carbocycles. The molecule has 0 saturated carbocycles. The van der Waals surface area contributed by atoms with Gasteiger partial charge >= 0.3 is 0 Å². The zero-order valence-electron chi connectivity index (χ0n) is 14.3. The van der Waals surface area contributed by atoms with E-state index in [1.165, 1.54) is 5.56 Å². The van der Waals surface area contributed by atoms with Crippen LogP contribution in [0.2, 0.25) is 0 Å². The number of nitrogens with zero attached hydrogens (tertiary/aromatic N) is 2. The Morgan fingerprint density at radius 3 is 2.41 bits per heavy atom. The zero-order chi connectivity index (χ0) is 15.5. The summed E-state index contributed by atoms with van der Waals surface area (Å²) in [5, 5.41) is 6.65. The van der Waals surface area contributed by atoms with E-state index in [2.05, 4.69) is 71.8 Å². The van der Waals surface area contributed by atoms with Gasteiger partial charge in [-0.25, -0.2) is 0 Å². The Balaban J connectivity index is 0.00000441. The molecular weight excluding hydrogens is 387 g/mol. The highest BCUT2D eigenvalue weighted by atomic mass is 127. The molecule has 0 saturated heterocycles. The molecule has 126 valence electrons. The van der Waals surface area contributed by atoms with Crippen molar-refractivity contribution in [3.63, 3.8) is 0 Å². The number of guanidine groups is 1. The van der Waals surface area contributed by atoms with Crippen LogP contribution in [-0.4, -0.2) is 44.1 Å². The first kappa shape index (κ1) is 21.2. The van der Waals surface area contributed by atoms with Gasteiger partial charge in [-0.1, -0.05) is 37.3 Å². The van der Waals surface area contributed by atoms with Gasteiger partial charge in [0.1, 0.15) is 0 Å². The molecule has 1 unspecified atom stereocenters. The number of benzene rings is 1. The molecule has 1 rings (SSSR count). The predicted octanol–water partition coefficient (Wildman–Crippen LogP) is 3.09. The van der Waals surface area contributed by atoms with Crippen molar-refractivity contribution in [3.8, 4) is 0 Å². The van der Waals surface area contributed by atoms with Crippen LogP contribution in [0.3, 0.4) is 0 Å². The normalized spacial score (nSPS) is 12.7. The molecule has 1 aromatic carbocycles. The van der Waals surface area contributed by atoms with Crippen LogP contribution in [0.15, 0.2) is 35.3 Å². The molecule has 0 aliphatic heterocycles. The van der Waals surface area contributed by atoms with Gasteiger partial charge in [0.15, 0.2) is 5.96 Å². The van der Waals surface area contributed by atoms with E-state index in [1.807, 2.05) is 7.05 Å². The van der Waals surface area contributed by atoms with Crippen LogP contribution in [-0.2, 0) is 6.54 Å². The smallest absolute Gasteiger partial charge is 0.190 e. The number of nitrogens with one attached hydrogen (secondary N) is 2. The monoisotopic (exact) mass is 418 g/mol. The molecule has 1 aromatic rings. The Kier molecular flexibility index (Phi) is 12.2. The van der Waals surface area contributed by atoms with Crippen molar-refractivity contribution in [2.75, 3.05) is 27.2 Å². The number of hydrogen-bond donors (Lipinski definition) is 2. The minimum Gasteiger partial charge on any atom is -0.356 e. The third kappa shape index (κ3) is 8.58. The van der Waals surface area contributed by atoms with Crippen molar-refractivity contribution < 1.29 is 0 Å². The van der Waals surface area contributed by atoms with E-state index in [1.54, 1.807) is 0 Å². The maximum Gasteiger partial charge on any atom is 0.190 e. The number of aliphatic imine (C=N–C) groups is 1. The minimum absolute atomic E-state index is 0. The third-order valence-electron chi connectivity index (χ3n) is 3.65. The van der Waals surface area contributed by atoms with Gasteiger partial charge in [0.05, 0.1) is 0 Å². The van der Waals surface area contributed by atoms with Crippen molar-refractivity contribution in [2.45, 2.75) is 39.3 Å². The van der Waals surface area contributed by atoms with Crippen molar-refractivity contribution in [1.29, 1.82) is 0 Å². The summed E-state index contributed by atoms with van der Waals surface area (Å²) in [7, 11) is 4.00. The van der Waals surface area contributed by atoms with Crippen LogP contribution in [0.25, 0.3) is 0 Å². The fourth-order valence-electron chi connectivity index (χ4n) is 2.11. The van der Waals surface area contributed by atoms with Gasteiger partial charge in [-0.05, 0) is 32.4 Å². The van der Waals surface area contributed by atoms with E-state index in [4.69, 9.17) is 0 Å². The summed E-state index contributed by atoms with van der Waals surface area (Å²) in [6.45, 7) is 7.31. The largest absolute Gasteiger partial charge is 0.356 e. The van der Waals surface area contributed by atoms with E-state index < -0.39 is 0 Å². The second-order valence-corrected chi connectivity index (χ2v) is 5.46. The second kappa shape index (κ2) is 12.7. The highest BCUT2D eigenvalue weighted by molar-refractivity contribution is 14.0. The van der Waals surface area contributed by atoms with Crippen LogP contribution in [0, 0.1) is 0 Å². The molecule has 4 nitrogen and oxygen atoms in total. The molecule has 1 atom stereocenters. The molecule has 5 heteroatoms. The van der Waals surface area contributed by atoms with E-state index in [9.17, 15) is 0 Å². The Labute approximate surface area is 152 Å². The molecule has 2 N–H and O–H groups in total. The van der Waals surface area contributed by atoms with Gasteiger partial charge in [0.2, 0.25) is 0 Å². The van der Waals surface area contributed by atoms with Crippen molar-refractivity contribution in [1.82, 2.24) is 15.5 Å². The summed E-state index contributed by atoms with van der Waals surface area (Å²) in [5.74, 6) is 0.898. The van der Waals surface area contributed by atoms with Crippen molar-refractivity contribution in [2.24, 2.45) is 4.99 Å². The number of halogens is 1. The van der Waals surface area contributed by atoms with Gasteiger partial charge in [0, 0.05) is 32.7 Å². The van der Waals surface area contributed by atoms with Gasteiger partial charge in [-0.15, -0.1) is 24.0 Å². The first-order valence-corrected chi connectivity index (χ1v) is 7.86. The maximum atomic E-state index is 4.22. The fourth-order valence-corrected chi connectivity index (χ4v) is 2.11. The predicted molar refractivity (Wildman–Crippen MR) is 107 cm³/mol. The summed E-state index contributed by atoms with van der Waals surface area (Å²) >= 11 is 0. The summed E-state index contributed by atoms with van der Waals surface area (Å²) < 4.78 is 0. The minimum atomic E-state index is 0. The molecule has 0 aliphatic rings. The lowest BCUT2D eigenvalue weighted by Crippen LogP contribution is -2.40. The van der Waals surface area contributed by atoms with Crippen molar-refractivity contribution >= 4 is 29.9 Å². The molecule has 0 heterocycles. The van der Waals surface area contributed by atoms with Crippen molar-refractivity contribution in [3.05, 3.63) is 35.9 Å². The quantitative estimate of drug-likeness (QED) is 0.387. The Bertz CT molecular complexity index is 408. The van der Waals surface area contributed by atoms with Crippen LogP contribution in [0.4, 0.5) is 0 Å². The average molecular weight is 418 g/mol. The summed E-state index contributed by atoms with van der Waals surface area (Å²) in [5.41, 5.74) is 1.36. The van der Waals surface area contributed by atoms with Crippen LogP contribution in [0.5, 0.6) is 0 Å². The molecule has 0 radical (unpaired) electrons. The Morgan fingerprint density at radius 1 is 1.18 bits per heavy atom. The molecule has 0 bridgehead atoms. The van der Waals surface area contributed by atoms with Gasteiger partial charge < -0.3 is 10.6 Å². The lowest BCUT2D eigenvalue weighted by molar-refractivity contribution is 0.238. The molecule has 0 aromatic heterocycles. The third-order valence-corrected chi connectivity index (χ3v) is 3.65. The van der Waals surface area contributed by atoms with E-state index in [0.29, 0.717) is 6.04 Å². The summed E-state index contributed by atoms with van der Waals surface area (Å²) in [6, 6.07) is 11.1. The SMILES string of the molecule is CCCNC(=NC)NCCC(C)N(C)Cc1ccccc1.I. The Hall–Kier alpha value is -0.820. The fraction of sp³-hybridized carbons (Fsp3) is 0.588. The summed E-state index contributed by atoms with van der Waals surface area (Å²) in [6.07, 6.45) is 2.20. The van der Waals surface area contributed by atoms with Crippen LogP contribution >= 0.6 is 24.0 Å². The molecule has 0 amide bonds. The number of rotatable bonds is 8. The molecule has 0 spiro atoms. The molecule has 22 heavy (non-hydrogen) atoms. The first-order valence-electron chi connectivity index (χ1n) is 7.86. The zero-order valence-corrected chi connectivity index (χ0v) is 16.6. The second-order valence-electron chi connectivity index (χ2n) is 5.46. The lowest BCUT2D eigenvalue weighted by Gasteiger charge is -2.25. The molecular formula is C17H31IN4.